The summed E-state index contributed by atoms with van der Waals surface area (Å²) >= 11 is 6.66. The van der Waals surface area contributed by atoms with E-state index in [2.05, 4.69) is 17.0 Å². The first kappa shape index (κ1) is 13.4. The van der Waals surface area contributed by atoms with Gasteiger partial charge in [0.2, 0.25) is 0 Å². The fourth-order valence-corrected chi connectivity index (χ4v) is 3.86. The molecule has 0 spiro atoms. The maximum atomic E-state index is 12.4. The number of thioether (sulfide) groups is 1. The molecule has 3 rings (SSSR count). The molecule has 0 atom stereocenters. The predicted molar refractivity (Wildman–Crippen MR) is 88.5 cm³/mol. The van der Waals surface area contributed by atoms with Crippen LogP contribution in [0.5, 0.6) is 0 Å². The number of carbonyl (C=O) groups is 1. The van der Waals surface area contributed by atoms with Crippen molar-refractivity contribution in [2.75, 3.05) is 18.5 Å². The minimum absolute atomic E-state index is 0.00776. The zero-order chi connectivity index (χ0) is 14.3. The van der Waals surface area contributed by atoms with Gasteiger partial charge < -0.3 is 4.90 Å². The Morgan fingerprint density at radius 1 is 1.25 bits per heavy atom. The fraction of sp³-hybridized carbons (Fsp3) is 0.200. The molecule has 20 heavy (non-hydrogen) atoms. The van der Waals surface area contributed by atoms with E-state index in [-0.39, 0.29) is 5.91 Å². The molecule has 102 valence electrons. The third-order valence-electron chi connectivity index (χ3n) is 3.48. The lowest BCUT2D eigenvalue weighted by Gasteiger charge is -2.27. The molecule has 0 radical (unpaired) electrons. The van der Waals surface area contributed by atoms with Crippen LogP contribution in [0.4, 0.5) is 5.69 Å². The molecule has 0 aromatic heterocycles. The number of nitrogens with zero attached hydrogens (tertiary/aromatic N) is 2. The van der Waals surface area contributed by atoms with Crippen LogP contribution in [-0.4, -0.2) is 28.7 Å². The van der Waals surface area contributed by atoms with Crippen molar-refractivity contribution in [3.8, 4) is 0 Å². The van der Waals surface area contributed by atoms with Gasteiger partial charge in [0.25, 0.3) is 5.91 Å². The molecule has 0 saturated carbocycles. The molecule has 1 aromatic carbocycles. The number of amides is 1. The summed E-state index contributed by atoms with van der Waals surface area (Å²) in [6.07, 6.45) is 4.04. The summed E-state index contributed by atoms with van der Waals surface area (Å²) in [5, 5.41) is 0. The average Bonchev–Trinajstić information content (AvgIpc) is 2.74. The fourth-order valence-electron chi connectivity index (χ4n) is 2.40. The molecular formula is C15H14N2OS2. The molecule has 2 heterocycles. The second kappa shape index (κ2) is 5.07. The van der Waals surface area contributed by atoms with E-state index in [0.29, 0.717) is 15.8 Å². The van der Waals surface area contributed by atoms with Gasteiger partial charge in [-0.2, -0.15) is 0 Å². The van der Waals surface area contributed by atoms with Crippen molar-refractivity contribution in [1.29, 1.82) is 0 Å². The molecule has 1 amide bonds. The molecule has 0 bridgehead atoms. The van der Waals surface area contributed by atoms with Crippen molar-refractivity contribution in [3.63, 3.8) is 0 Å². The monoisotopic (exact) mass is 302 g/mol. The Morgan fingerprint density at radius 2 is 2.00 bits per heavy atom. The van der Waals surface area contributed by atoms with Gasteiger partial charge in [0.15, 0.2) is 0 Å². The van der Waals surface area contributed by atoms with E-state index in [9.17, 15) is 4.79 Å². The summed E-state index contributed by atoms with van der Waals surface area (Å²) in [4.78, 5) is 16.8. The van der Waals surface area contributed by atoms with Gasteiger partial charge in [-0.05, 0) is 24.6 Å². The molecular weight excluding hydrogens is 288 g/mol. The van der Waals surface area contributed by atoms with E-state index >= 15 is 0 Å². The highest BCUT2D eigenvalue weighted by Crippen LogP contribution is 2.38. The summed E-state index contributed by atoms with van der Waals surface area (Å²) in [5.74, 6) is 0.00776. The molecule has 1 fully saturated rings. The Morgan fingerprint density at radius 3 is 2.70 bits per heavy atom. The van der Waals surface area contributed by atoms with Gasteiger partial charge in [0.1, 0.15) is 9.23 Å². The summed E-state index contributed by atoms with van der Waals surface area (Å²) in [5.41, 5.74) is 3.17. The van der Waals surface area contributed by atoms with Crippen molar-refractivity contribution >= 4 is 46.0 Å². The van der Waals surface area contributed by atoms with E-state index in [1.807, 2.05) is 38.3 Å². The Labute approximate surface area is 127 Å². The lowest BCUT2D eigenvalue weighted by atomic mass is 10.1. The highest BCUT2D eigenvalue weighted by molar-refractivity contribution is 8.26. The van der Waals surface area contributed by atoms with E-state index < -0.39 is 0 Å². The minimum Gasteiger partial charge on any atom is -0.343 e. The second-order valence-corrected chi connectivity index (χ2v) is 6.23. The summed E-state index contributed by atoms with van der Waals surface area (Å²) in [6, 6.07) is 8.14. The molecule has 3 nitrogen and oxygen atoms in total. The number of hydrogen-bond acceptors (Lipinski definition) is 4. The Kier molecular flexibility index (Phi) is 3.40. The number of hydrogen-bond donors (Lipinski definition) is 0. The average molecular weight is 302 g/mol. The summed E-state index contributed by atoms with van der Waals surface area (Å²) in [6.45, 7) is 2.56. The van der Waals surface area contributed by atoms with E-state index in [4.69, 9.17) is 12.2 Å². The molecule has 5 heteroatoms. The van der Waals surface area contributed by atoms with Crippen molar-refractivity contribution in [3.05, 3.63) is 46.5 Å². The molecule has 0 unspecified atom stereocenters. The van der Waals surface area contributed by atoms with Crippen LogP contribution >= 0.6 is 24.0 Å². The lowest BCUT2D eigenvalue weighted by molar-refractivity contribution is -0.122. The topological polar surface area (TPSA) is 23.6 Å². The Bertz CT molecular complexity index is 664. The van der Waals surface area contributed by atoms with Crippen LogP contribution in [-0.2, 0) is 4.79 Å². The number of fused-ring (bicyclic) bond motifs is 1. The van der Waals surface area contributed by atoms with Gasteiger partial charge in [-0.1, -0.05) is 48.3 Å². The lowest BCUT2D eigenvalue weighted by Crippen LogP contribution is -2.29. The van der Waals surface area contributed by atoms with Crippen molar-refractivity contribution in [2.24, 2.45) is 0 Å². The maximum Gasteiger partial charge on any atom is 0.268 e. The minimum atomic E-state index is 0.00776. The Hall–Kier alpha value is -1.59. The number of para-hydroxylation sites is 1. The van der Waals surface area contributed by atoms with Crippen molar-refractivity contribution < 1.29 is 4.79 Å². The normalized spacial score (nSPS) is 21.7. The first-order valence-corrected chi connectivity index (χ1v) is 7.64. The first-order chi connectivity index (χ1) is 9.63. The molecule has 1 saturated heterocycles. The van der Waals surface area contributed by atoms with Gasteiger partial charge in [-0.25, -0.2) is 0 Å². The number of thiocarbonyl (C=S) groups is 1. The number of carbonyl (C=O) groups excluding carboxylic acids is 1. The van der Waals surface area contributed by atoms with Gasteiger partial charge in [-0.15, -0.1) is 0 Å². The number of benzene rings is 1. The third-order valence-corrected chi connectivity index (χ3v) is 4.93. The second-order valence-electron chi connectivity index (χ2n) is 4.58. The van der Waals surface area contributed by atoms with Crippen LogP contribution in [0.3, 0.4) is 0 Å². The van der Waals surface area contributed by atoms with Crippen LogP contribution in [0.1, 0.15) is 12.5 Å². The van der Waals surface area contributed by atoms with Crippen LogP contribution in [0.25, 0.3) is 6.08 Å². The summed E-state index contributed by atoms with van der Waals surface area (Å²) in [7, 11) is 1.98. The zero-order valence-corrected chi connectivity index (χ0v) is 12.9. The van der Waals surface area contributed by atoms with Crippen molar-refractivity contribution in [1.82, 2.24) is 4.90 Å². The van der Waals surface area contributed by atoms with E-state index in [1.165, 1.54) is 11.8 Å². The molecule has 2 aliphatic heterocycles. The van der Waals surface area contributed by atoms with E-state index in [0.717, 1.165) is 16.9 Å². The Balaban J connectivity index is 2.07. The number of rotatable bonds is 1. The molecule has 0 N–H and O–H groups in total. The van der Waals surface area contributed by atoms with Crippen LogP contribution in [0, 0.1) is 0 Å². The molecule has 1 aromatic rings. The predicted octanol–water partition coefficient (Wildman–Crippen LogP) is 3.24. The standard InChI is InChI=1S/C15H14N2OS2/c1-3-17-14(18)13(20-15(17)19)12-9-8-10-6-4-5-7-11(10)16(12)2/h4-9H,3H2,1-2H3/b13-12-. The number of likely N-dealkylation sites (N-methyl/N-ethyl adjacent to an activating group) is 2. The zero-order valence-electron chi connectivity index (χ0n) is 11.3. The molecule has 0 aliphatic carbocycles. The number of allylic oxidation sites excluding steroid dienone is 1. The highest BCUT2D eigenvalue weighted by Gasteiger charge is 2.34. The third kappa shape index (κ3) is 1.98. The number of anilines is 1. The van der Waals surface area contributed by atoms with Gasteiger partial charge in [0.05, 0.1) is 5.70 Å². The van der Waals surface area contributed by atoms with Crippen molar-refractivity contribution in [2.45, 2.75) is 6.92 Å². The van der Waals surface area contributed by atoms with Gasteiger partial charge >= 0.3 is 0 Å². The van der Waals surface area contributed by atoms with Gasteiger partial charge in [0, 0.05) is 19.3 Å². The van der Waals surface area contributed by atoms with Gasteiger partial charge in [-0.3, -0.25) is 9.69 Å². The quantitative estimate of drug-likeness (QED) is 0.587. The first-order valence-electron chi connectivity index (χ1n) is 6.42. The highest BCUT2D eigenvalue weighted by atomic mass is 32.2. The smallest absolute Gasteiger partial charge is 0.268 e. The largest absolute Gasteiger partial charge is 0.343 e. The van der Waals surface area contributed by atoms with Crippen LogP contribution in [0.15, 0.2) is 40.9 Å². The summed E-state index contributed by atoms with van der Waals surface area (Å²) < 4.78 is 0.639. The van der Waals surface area contributed by atoms with Crippen LogP contribution in [0.2, 0.25) is 0 Å². The molecule has 2 aliphatic rings. The maximum absolute atomic E-state index is 12.4. The van der Waals surface area contributed by atoms with Crippen LogP contribution < -0.4 is 4.90 Å². The SMILES string of the molecule is CCN1C(=O)/C(=C2\C=Cc3ccccc3N2C)SC1=S. The van der Waals surface area contributed by atoms with E-state index in [1.54, 1.807) is 4.90 Å².